The fourth-order valence-electron chi connectivity index (χ4n) is 4.67. The first-order chi connectivity index (χ1) is 17.5. The maximum absolute atomic E-state index is 13.1. The number of rotatable bonds is 7. The van der Waals surface area contributed by atoms with Crippen LogP contribution in [0.3, 0.4) is 0 Å². The van der Waals surface area contributed by atoms with Gasteiger partial charge in [-0.1, -0.05) is 0 Å². The molecule has 0 bridgehead atoms. The second kappa shape index (κ2) is 10.1. The molecule has 2 atom stereocenters. The van der Waals surface area contributed by atoms with Gasteiger partial charge >= 0.3 is 224 Å². The number of alkyl halides is 4. The zero-order valence-electron chi connectivity index (χ0n) is 19.5. The number of nitrogens with zero attached hydrogens (tertiary/aromatic N) is 1. The number of hydrogen-bond donors (Lipinski definition) is 1. The molecule has 0 fully saturated rings. The molecule has 4 aromatic carbocycles. The summed E-state index contributed by atoms with van der Waals surface area (Å²) >= 11 is 15.0. The van der Waals surface area contributed by atoms with Crippen molar-refractivity contribution in [2.24, 2.45) is 0 Å². The molecule has 1 N–H and O–H groups in total. The van der Waals surface area contributed by atoms with Gasteiger partial charge < -0.3 is 0 Å². The molecule has 0 heterocycles. The summed E-state index contributed by atoms with van der Waals surface area (Å²) in [6, 6.07) is 34.0. The number of nitriles is 1. The van der Waals surface area contributed by atoms with Gasteiger partial charge in [0.15, 0.2) is 0 Å². The van der Waals surface area contributed by atoms with E-state index in [1.165, 1.54) is 0 Å². The molecule has 0 aromatic heterocycles. The Hall–Kier alpha value is -2.87. The summed E-state index contributed by atoms with van der Waals surface area (Å²) in [5, 5.41) is 24.0. The minimum absolute atomic E-state index is 0.0838. The van der Waals surface area contributed by atoms with E-state index in [-0.39, 0.29) is 11.7 Å². The van der Waals surface area contributed by atoms with Crippen molar-refractivity contribution in [3.05, 3.63) is 126 Å². The van der Waals surface area contributed by atoms with E-state index >= 15 is 0 Å². The Morgan fingerprint density at radius 1 is 0.730 bits per heavy atom. The fourth-order valence-corrected chi connectivity index (χ4v) is 12.2. The van der Waals surface area contributed by atoms with Gasteiger partial charge in [-0.05, 0) is 0 Å². The SMILES string of the molecule is N#CC(Cl)(CP(Cl)(c1ccccc1)(c1ccccc1)c1ccccc1)C(O)c1ccc(C(F)(F)F)cc1. The molecule has 0 aliphatic heterocycles. The zero-order chi connectivity index (χ0) is 26.8. The van der Waals surface area contributed by atoms with Crippen molar-refractivity contribution in [1.29, 1.82) is 5.26 Å². The van der Waals surface area contributed by atoms with E-state index in [1.54, 1.807) is 0 Å². The van der Waals surface area contributed by atoms with Gasteiger partial charge in [0.25, 0.3) is 0 Å². The van der Waals surface area contributed by atoms with Gasteiger partial charge in [-0.15, -0.1) is 0 Å². The van der Waals surface area contributed by atoms with E-state index in [0.29, 0.717) is 0 Å². The third-order valence-electron chi connectivity index (χ3n) is 6.58. The first-order valence-electron chi connectivity index (χ1n) is 11.4. The second-order valence-corrected chi connectivity index (χ2v) is 16.0. The Kier molecular flexibility index (Phi) is 7.43. The number of benzene rings is 4. The third kappa shape index (κ3) is 4.88. The van der Waals surface area contributed by atoms with Crippen LogP contribution in [0.25, 0.3) is 0 Å². The number of aliphatic hydroxyl groups is 1. The van der Waals surface area contributed by atoms with Gasteiger partial charge in [0, 0.05) is 0 Å². The van der Waals surface area contributed by atoms with Crippen LogP contribution in [0, 0.1) is 11.3 Å². The normalized spacial score (nSPS) is 15.5. The summed E-state index contributed by atoms with van der Waals surface area (Å²) in [4.78, 5) is -1.99. The van der Waals surface area contributed by atoms with E-state index in [9.17, 15) is 23.5 Å². The summed E-state index contributed by atoms with van der Waals surface area (Å²) in [7, 11) is 0. The molecule has 2 nitrogen and oxygen atoms in total. The van der Waals surface area contributed by atoms with Gasteiger partial charge in [-0.3, -0.25) is 0 Å². The Bertz CT molecular complexity index is 1300. The van der Waals surface area contributed by atoms with Crippen LogP contribution in [-0.2, 0) is 6.18 Å². The van der Waals surface area contributed by atoms with Crippen LogP contribution >= 0.6 is 28.8 Å². The fraction of sp³-hybridized carbons (Fsp3) is 0.138. The third-order valence-corrected chi connectivity index (χ3v) is 14.5. The number of hydrogen-bond acceptors (Lipinski definition) is 2. The molecule has 0 spiro atoms. The molecule has 2 unspecified atom stereocenters. The Morgan fingerprint density at radius 3 is 1.43 bits per heavy atom. The molecule has 37 heavy (non-hydrogen) atoms. The summed E-state index contributed by atoms with van der Waals surface area (Å²) in [6.07, 6.45) is -6.34. The van der Waals surface area contributed by atoms with Gasteiger partial charge in [0.2, 0.25) is 0 Å². The second-order valence-electron chi connectivity index (χ2n) is 8.84. The molecule has 8 heteroatoms. The molecule has 190 valence electrons. The van der Waals surface area contributed by atoms with Crippen LogP contribution in [0.2, 0.25) is 0 Å². The van der Waals surface area contributed by atoms with Crippen LogP contribution in [0.15, 0.2) is 115 Å². The van der Waals surface area contributed by atoms with Gasteiger partial charge in [0.05, 0.1) is 0 Å². The van der Waals surface area contributed by atoms with E-state index in [4.69, 9.17) is 22.8 Å². The maximum atomic E-state index is 13.1. The monoisotopic (exact) mass is 559 g/mol. The summed E-state index contributed by atoms with van der Waals surface area (Å²) in [5.41, 5.74) is -0.782. The van der Waals surface area contributed by atoms with Gasteiger partial charge in [-0.25, -0.2) is 0 Å². The van der Waals surface area contributed by atoms with Crippen LogP contribution in [0.1, 0.15) is 17.2 Å². The minimum atomic E-state index is -4.54. The first-order valence-corrected chi connectivity index (χ1v) is 15.1. The average molecular weight is 560 g/mol. The van der Waals surface area contributed by atoms with Crippen molar-refractivity contribution < 1.29 is 18.3 Å². The summed E-state index contributed by atoms with van der Waals surface area (Å²) in [6.45, 7) is 0. The number of aliphatic hydroxyl groups excluding tert-OH is 1. The van der Waals surface area contributed by atoms with Crippen LogP contribution in [0.4, 0.5) is 13.2 Å². The zero-order valence-corrected chi connectivity index (χ0v) is 21.9. The van der Waals surface area contributed by atoms with Crippen molar-refractivity contribution in [3.8, 4) is 6.07 Å². The van der Waals surface area contributed by atoms with Crippen molar-refractivity contribution in [2.75, 3.05) is 6.16 Å². The van der Waals surface area contributed by atoms with E-state index < -0.39 is 28.7 Å². The van der Waals surface area contributed by atoms with Crippen molar-refractivity contribution in [2.45, 2.75) is 17.2 Å². The van der Waals surface area contributed by atoms with E-state index in [2.05, 4.69) is 6.07 Å². The van der Waals surface area contributed by atoms with Gasteiger partial charge in [-0.2, -0.15) is 0 Å². The van der Waals surface area contributed by atoms with E-state index in [1.807, 2.05) is 91.0 Å². The molecule has 0 aliphatic carbocycles. The molecule has 0 saturated heterocycles. The molecule has 0 amide bonds. The summed E-state index contributed by atoms with van der Waals surface area (Å²) in [5.74, 6) is -4.06. The molecular weight excluding hydrogens is 537 g/mol. The Labute approximate surface area is 223 Å². The molecular formula is C29H23Cl2F3NOP. The predicted octanol–water partition coefficient (Wildman–Crippen LogP) is 6.92. The Morgan fingerprint density at radius 2 is 1.11 bits per heavy atom. The topological polar surface area (TPSA) is 44.0 Å². The Balaban J connectivity index is 1.95. The van der Waals surface area contributed by atoms with Crippen LogP contribution in [-0.4, -0.2) is 16.1 Å². The van der Waals surface area contributed by atoms with Crippen molar-refractivity contribution in [1.82, 2.24) is 0 Å². The average Bonchev–Trinajstić information content (AvgIpc) is 2.93. The van der Waals surface area contributed by atoms with Crippen LogP contribution < -0.4 is 15.9 Å². The standard InChI is InChI=1S/C29H23Cl2F3NOP/c30-28(20-35,27(36)22-16-18-23(19-17-22)29(32,33)34)21-37(31,24-10-4-1-5-11-24,25-12-6-2-7-13-25)26-14-8-3-9-15-26/h1-19,27,36H,21H2. The van der Waals surface area contributed by atoms with Crippen molar-refractivity contribution in [3.63, 3.8) is 0 Å². The number of halogens is 5. The predicted molar refractivity (Wildman–Crippen MR) is 146 cm³/mol. The molecule has 4 rings (SSSR count). The first kappa shape index (κ1) is 27.2. The van der Waals surface area contributed by atoms with E-state index in [0.717, 1.165) is 40.2 Å². The molecule has 0 saturated carbocycles. The van der Waals surface area contributed by atoms with Crippen LogP contribution in [0.5, 0.6) is 0 Å². The quantitative estimate of drug-likeness (QED) is 0.197. The van der Waals surface area contributed by atoms with Gasteiger partial charge in [0.1, 0.15) is 0 Å². The molecule has 0 aliphatic rings. The summed E-state index contributed by atoms with van der Waals surface area (Å²) < 4.78 is 39.3. The molecule has 4 aromatic rings. The molecule has 0 radical (unpaired) electrons. The van der Waals surface area contributed by atoms with Crippen molar-refractivity contribution >= 4 is 44.7 Å².